The third-order valence-electron chi connectivity index (χ3n) is 5.47. The van der Waals surface area contributed by atoms with Crippen LogP contribution in [-0.2, 0) is 4.74 Å². The van der Waals surface area contributed by atoms with Gasteiger partial charge in [0.15, 0.2) is 6.10 Å². The minimum Gasteiger partial charge on any atom is -0.448 e. The number of carbonyl (C=O) groups is 1. The summed E-state index contributed by atoms with van der Waals surface area (Å²) in [6.07, 6.45) is -0.542. The zero-order valence-electron chi connectivity index (χ0n) is 17.2. The number of esters is 1. The third kappa shape index (κ3) is 3.97. The molecule has 0 saturated carbocycles. The van der Waals surface area contributed by atoms with Crippen molar-refractivity contribution in [2.45, 2.75) is 6.10 Å². The van der Waals surface area contributed by atoms with E-state index in [1.54, 1.807) is 0 Å². The van der Waals surface area contributed by atoms with Gasteiger partial charge in [-0.25, -0.2) is 4.79 Å². The van der Waals surface area contributed by atoms with E-state index in [1.165, 1.54) is 0 Å². The van der Waals surface area contributed by atoms with E-state index in [-0.39, 0.29) is 5.97 Å². The molecular weight excluding hydrogens is 460 g/mol. The normalized spacial score (nSPS) is 14.8. The van der Waals surface area contributed by atoms with Crippen LogP contribution in [0, 0.1) is 0 Å². The zero-order chi connectivity index (χ0) is 21.9. The molecule has 32 heavy (non-hydrogen) atoms. The van der Waals surface area contributed by atoms with E-state index in [4.69, 9.17) is 4.74 Å². The van der Waals surface area contributed by atoms with Crippen LogP contribution in [0.15, 0.2) is 119 Å². The quantitative estimate of drug-likeness (QED) is 0.225. The van der Waals surface area contributed by atoms with Crippen LogP contribution in [0.4, 0.5) is 0 Å². The summed E-state index contributed by atoms with van der Waals surface area (Å²) in [5.41, 5.74) is 9.85. The Morgan fingerprint density at radius 3 is 1.88 bits per heavy atom. The minimum atomic E-state index is -0.542. The minimum absolute atomic E-state index is 0.332. The van der Waals surface area contributed by atoms with Crippen LogP contribution in [0.2, 0.25) is 0 Å². The number of ether oxygens (including phenoxy) is 1. The summed E-state index contributed by atoms with van der Waals surface area (Å²) in [6, 6.07) is 35.9. The van der Waals surface area contributed by atoms with Gasteiger partial charge < -0.3 is 4.74 Å². The average molecular weight is 479 g/mol. The Kier molecular flexibility index (Phi) is 5.60. The van der Waals surface area contributed by atoms with Gasteiger partial charge in [0.2, 0.25) is 0 Å². The van der Waals surface area contributed by atoms with Crippen molar-refractivity contribution in [2.75, 3.05) is 0 Å². The van der Waals surface area contributed by atoms with E-state index in [9.17, 15) is 4.79 Å². The molecule has 0 spiro atoms. The second-order valence-corrected chi connectivity index (χ2v) is 8.45. The first kappa shape index (κ1) is 20.3. The lowest BCUT2D eigenvalue weighted by Crippen LogP contribution is -2.21. The maximum atomic E-state index is 12.9. The predicted molar refractivity (Wildman–Crippen MR) is 131 cm³/mol. The van der Waals surface area contributed by atoms with Gasteiger partial charge in [-0.3, -0.25) is 0 Å². The van der Waals surface area contributed by atoms with E-state index in [0.29, 0.717) is 5.56 Å². The highest BCUT2D eigenvalue weighted by molar-refractivity contribution is 9.10. The van der Waals surface area contributed by atoms with Crippen LogP contribution in [0.5, 0.6) is 0 Å². The molecule has 0 aromatic heterocycles. The van der Waals surface area contributed by atoms with Crippen LogP contribution < -0.4 is 0 Å². The summed E-state index contributed by atoms with van der Waals surface area (Å²) in [4.78, 5) is 12.9. The van der Waals surface area contributed by atoms with Crippen molar-refractivity contribution < 1.29 is 9.53 Å². The van der Waals surface area contributed by atoms with Gasteiger partial charge in [0, 0.05) is 21.2 Å². The molecule has 0 amide bonds. The largest absolute Gasteiger partial charge is 0.448 e. The fourth-order valence-electron chi connectivity index (χ4n) is 3.94. The van der Waals surface area contributed by atoms with Crippen molar-refractivity contribution in [3.05, 3.63) is 147 Å². The Morgan fingerprint density at radius 2 is 1.28 bits per heavy atom. The van der Waals surface area contributed by atoms with Crippen molar-refractivity contribution in [3.8, 4) is 0 Å². The molecule has 3 heteroatoms. The first-order valence-corrected chi connectivity index (χ1v) is 11.2. The standard InChI is InChI=1S/C29H19BrO2/c30-23-16-17-24-26(28(22-14-8-3-9-15-22)32-29(31)27(24)18-23)19-25(20-10-4-1-5-11-20)21-12-6-2-7-13-21/h1-18,28H. The predicted octanol–water partition coefficient (Wildman–Crippen LogP) is 7.48. The van der Waals surface area contributed by atoms with Crippen molar-refractivity contribution in [1.29, 1.82) is 0 Å². The number of hydrogen-bond acceptors (Lipinski definition) is 2. The second kappa shape index (κ2) is 8.84. The summed E-state index contributed by atoms with van der Waals surface area (Å²) >= 11 is 3.48. The Balaban J connectivity index is 1.85. The monoisotopic (exact) mass is 478 g/mol. The molecule has 1 aliphatic heterocycles. The number of carbonyl (C=O) groups excluding carboxylic acids is 1. The van der Waals surface area contributed by atoms with Crippen LogP contribution >= 0.6 is 15.9 Å². The lowest BCUT2D eigenvalue weighted by atomic mass is 9.88. The molecule has 1 atom stereocenters. The summed E-state index contributed by atoms with van der Waals surface area (Å²) in [7, 11) is 0. The molecular formula is C29H19BrO2. The lowest BCUT2D eigenvalue weighted by molar-refractivity contribution is 0.0388. The van der Waals surface area contributed by atoms with Gasteiger partial charge in [0.1, 0.15) is 0 Å². The van der Waals surface area contributed by atoms with E-state index < -0.39 is 6.10 Å². The van der Waals surface area contributed by atoms with Crippen LogP contribution in [0.25, 0.3) is 11.1 Å². The molecule has 4 aromatic carbocycles. The molecule has 0 radical (unpaired) electrons. The highest BCUT2D eigenvalue weighted by atomic mass is 79.9. The number of hydrogen-bond donors (Lipinski definition) is 0. The number of fused-ring (bicyclic) bond motifs is 1. The zero-order valence-corrected chi connectivity index (χ0v) is 18.8. The van der Waals surface area contributed by atoms with Gasteiger partial charge >= 0.3 is 5.97 Å². The fourth-order valence-corrected chi connectivity index (χ4v) is 4.30. The maximum absolute atomic E-state index is 12.9. The highest BCUT2D eigenvalue weighted by Crippen LogP contribution is 2.41. The van der Waals surface area contributed by atoms with Gasteiger partial charge in [-0.05, 0) is 28.8 Å². The lowest BCUT2D eigenvalue weighted by Gasteiger charge is -2.27. The fraction of sp³-hybridized carbons (Fsp3) is 0.0345. The first-order valence-electron chi connectivity index (χ1n) is 10.4. The number of rotatable bonds is 3. The van der Waals surface area contributed by atoms with Crippen LogP contribution in [0.1, 0.15) is 38.7 Å². The molecule has 154 valence electrons. The van der Waals surface area contributed by atoms with Gasteiger partial charge in [-0.1, -0.05) is 113 Å². The van der Waals surface area contributed by atoms with Crippen molar-refractivity contribution in [1.82, 2.24) is 0 Å². The Hall–Kier alpha value is -3.65. The number of benzene rings is 4. The average Bonchev–Trinajstić information content (AvgIpc) is 2.85. The Morgan fingerprint density at radius 1 is 0.719 bits per heavy atom. The molecule has 5 rings (SSSR count). The molecule has 0 bridgehead atoms. The summed E-state index contributed by atoms with van der Waals surface area (Å²) < 4.78 is 6.80. The maximum Gasteiger partial charge on any atom is 0.339 e. The van der Waals surface area contributed by atoms with Crippen molar-refractivity contribution in [3.63, 3.8) is 0 Å². The van der Waals surface area contributed by atoms with Gasteiger partial charge in [-0.15, -0.1) is 5.73 Å². The second-order valence-electron chi connectivity index (χ2n) is 7.53. The summed E-state index contributed by atoms with van der Waals surface area (Å²) in [6.45, 7) is 0. The van der Waals surface area contributed by atoms with Crippen LogP contribution in [-0.4, -0.2) is 5.97 Å². The molecule has 0 N–H and O–H groups in total. The molecule has 1 heterocycles. The van der Waals surface area contributed by atoms with Gasteiger partial charge in [0.25, 0.3) is 0 Å². The molecule has 1 aliphatic rings. The number of halogens is 1. The van der Waals surface area contributed by atoms with E-state index in [2.05, 4.69) is 45.9 Å². The van der Waals surface area contributed by atoms with Gasteiger partial charge in [0.05, 0.1) is 5.56 Å². The van der Waals surface area contributed by atoms with E-state index in [1.807, 2.05) is 84.9 Å². The summed E-state index contributed by atoms with van der Waals surface area (Å²) in [5, 5.41) is 0. The molecule has 1 unspecified atom stereocenters. The van der Waals surface area contributed by atoms with Gasteiger partial charge in [-0.2, -0.15) is 0 Å². The molecule has 0 fully saturated rings. The highest BCUT2D eigenvalue weighted by Gasteiger charge is 2.32. The first-order chi connectivity index (χ1) is 15.7. The third-order valence-corrected chi connectivity index (χ3v) is 5.96. The molecule has 0 saturated heterocycles. The SMILES string of the molecule is O=C1OC(c2ccccc2)C(=C=C(c2ccccc2)c2ccccc2)c2ccc(Br)cc21. The van der Waals surface area contributed by atoms with E-state index in [0.717, 1.165) is 37.9 Å². The molecule has 0 aliphatic carbocycles. The molecule has 2 nitrogen and oxygen atoms in total. The molecule has 4 aromatic rings. The smallest absolute Gasteiger partial charge is 0.339 e. The Bertz CT molecular complexity index is 1290. The topological polar surface area (TPSA) is 26.3 Å². The van der Waals surface area contributed by atoms with Crippen LogP contribution in [0.3, 0.4) is 0 Å². The number of cyclic esters (lactones) is 1. The van der Waals surface area contributed by atoms with Crippen molar-refractivity contribution >= 4 is 33.0 Å². The Labute approximate surface area is 195 Å². The summed E-state index contributed by atoms with van der Waals surface area (Å²) in [5.74, 6) is -0.332. The van der Waals surface area contributed by atoms with E-state index >= 15 is 0 Å². The van der Waals surface area contributed by atoms with Crippen molar-refractivity contribution in [2.24, 2.45) is 0 Å².